The third-order valence-electron chi connectivity index (χ3n) is 4.44. The van der Waals surface area contributed by atoms with Crippen molar-refractivity contribution in [3.63, 3.8) is 0 Å². The van der Waals surface area contributed by atoms with Gasteiger partial charge >= 0.3 is 0 Å². The molecular formula is C24H31N. The van der Waals surface area contributed by atoms with Gasteiger partial charge in [-0.15, -0.1) is 0 Å². The predicted molar refractivity (Wildman–Crippen MR) is 112 cm³/mol. The summed E-state index contributed by atoms with van der Waals surface area (Å²) in [4.78, 5) is 0. The van der Waals surface area contributed by atoms with E-state index in [0.29, 0.717) is 0 Å². The summed E-state index contributed by atoms with van der Waals surface area (Å²) in [5.41, 5.74) is 8.08. The van der Waals surface area contributed by atoms with Crippen LogP contribution in [0, 0.1) is 0 Å². The van der Waals surface area contributed by atoms with Crippen LogP contribution < -0.4 is 5.32 Å². The second-order valence-electron chi connectivity index (χ2n) is 7.23. The maximum atomic E-state index is 3.63. The molecule has 0 aliphatic carbocycles. The number of benzene rings is 2. The summed E-state index contributed by atoms with van der Waals surface area (Å²) in [5.74, 6) is 0. The van der Waals surface area contributed by atoms with E-state index in [-0.39, 0.29) is 5.41 Å². The van der Waals surface area contributed by atoms with Gasteiger partial charge in [0.05, 0.1) is 0 Å². The zero-order valence-corrected chi connectivity index (χ0v) is 16.5. The molecule has 0 amide bonds. The molecule has 0 saturated carbocycles. The molecule has 1 aliphatic rings. The molecule has 0 fully saturated rings. The fraction of sp³-hybridized carbons (Fsp3) is 0.333. The van der Waals surface area contributed by atoms with Gasteiger partial charge in [0, 0.05) is 17.8 Å². The molecule has 2 aromatic rings. The number of allylic oxidation sites excluding steroid dienone is 2. The Kier molecular flexibility index (Phi) is 6.25. The van der Waals surface area contributed by atoms with Crippen molar-refractivity contribution in [1.29, 1.82) is 0 Å². The maximum Gasteiger partial charge on any atom is 0.0422 e. The molecule has 0 saturated heterocycles. The second-order valence-corrected chi connectivity index (χ2v) is 7.23. The van der Waals surface area contributed by atoms with E-state index in [2.05, 4.69) is 93.7 Å². The summed E-state index contributed by atoms with van der Waals surface area (Å²) in [5, 5.41) is 3.63. The van der Waals surface area contributed by atoms with E-state index >= 15 is 0 Å². The third kappa shape index (κ3) is 4.42. The van der Waals surface area contributed by atoms with E-state index in [1.54, 1.807) is 0 Å². The van der Waals surface area contributed by atoms with E-state index < -0.39 is 0 Å². The molecule has 25 heavy (non-hydrogen) atoms. The SMILES string of the molecule is CC.CC1=C(c2ccccc2)CNC(c2ccccc2C(C)(C)C)=C1. The van der Waals surface area contributed by atoms with Crippen molar-refractivity contribution >= 4 is 11.3 Å². The molecule has 0 aromatic heterocycles. The summed E-state index contributed by atoms with van der Waals surface area (Å²) >= 11 is 0. The van der Waals surface area contributed by atoms with Crippen molar-refractivity contribution in [3.05, 3.63) is 82.9 Å². The number of nitrogens with one attached hydrogen (secondary N) is 1. The van der Waals surface area contributed by atoms with Gasteiger partial charge in [0.15, 0.2) is 0 Å². The van der Waals surface area contributed by atoms with Crippen LogP contribution in [0.2, 0.25) is 0 Å². The van der Waals surface area contributed by atoms with E-state index in [0.717, 1.165) is 6.54 Å². The molecular weight excluding hydrogens is 302 g/mol. The van der Waals surface area contributed by atoms with Crippen molar-refractivity contribution in [2.24, 2.45) is 0 Å². The Morgan fingerprint density at radius 2 is 1.44 bits per heavy atom. The van der Waals surface area contributed by atoms with Gasteiger partial charge in [-0.1, -0.05) is 89.2 Å². The molecule has 1 heteroatoms. The Hall–Kier alpha value is -2.28. The van der Waals surface area contributed by atoms with Crippen molar-refractivity contribution in [1.82, 2.24) is 5.32 Å². The Balaban J connectivity index is 0.00000109. The third-order valence-corrected chi connectivity index (χ3v) is 4.44. The summed E-state index contributed by atoms with van der Waals surface area (Å²) in [6.07, 6.45) is 2.29. The average Bonchev–Trinajstić information content (AvgIpc) is 2.63. The lowest BCUT2D eigenvalue weighted by molar-refractivity contribution is 0.588. The van der Waals surface area contributed by atoms with Crippen molar-refractivity contribution in [2.75, 3.05) is 6.54 Å². The van der Waals surface area contributed by atoms with Crippen LogP contribution >= 0.6 is 0 Å². The first-order chi connectivity index (χ1) is 12.0. The molecule has 132 valence electrons. The molecule has 0 unspecified atom stereocenters. The summed E-state index contributed by atoms with van der Waals surface area (Å²) in [6, 6.07) is 19.4. The molecule has 0 spiro atoms. The highest BCUT2D eigenvalue weighted by Gasteiger charge is 2.21. The Morgan fingerprint density at radius 3 is 2.04 bits per heavy atom. The smallest absolute Gasteiger partial charge is 0.0422 e. The van der Waals surface area contributed by atoms with Gasteiger partial charge in [0.2, 0.25) is 0 Å². The molecule has 0 radical (unpaired) electrons. The van der Waals surface area contributed by atoms with Gasteiger partial charge in [0.25, 0.3) is 0 Å². The number of rotatable bonds is 2. The maximum absolute atomic E-state index is 3.63. The lowest BCUT2D eigenvalue weighted by Crippen LogP contribution is -2.23. The largest absolute Gasteiger partial charge is 0.380 e. The van der Waals surface area contributed by atoms with Crippen LogP contribution in [0.3, 0.4) is 0 Å². The summed E-state index contributed by atoms with van der Waals surface area (Å²) in [7, 11) is 0. The van der Waals surface area contributed by atoms with E-state index in [9.17, 15) is 0 Å². The fourth-order valence-corrected chi connectivity index (χ4v) is 3.19. The predicted octanol–water partition coefficient (Wildman–Crippen LogP) is 6.43. The van der Waals surface area contributed by atoms with Crippen LogP contribution in [0.4, 0.5) is 0 Å². The zero-order valence-electron chi connectivity index (χ0n) is 16.5. The van der Waals surface area contributed by atoms with Crippen molar-refractivity contribution < 1.29 is 0 Å². The minimum absolute atomic E-state index is 0.135. The van der Waals surface area contributed by atoms with Gasteiger partial charge in [0.1, 0.15) is 0 Å². The van der Waals surface area contributed by atoms with Crippen LogP contribution in [-0.2, 0) is 5.41 Å². The first-order valence-corrected chi connectivity index (χ1v) is 9.27. The monoisotopic (exact) mass is 333 g/mol. The first kappa shape index (κ1) is 19.1. The van der Waals surface area contributed by atoms with Gasteiger partial charge in [-0.05, 0) is 40.7 Å². The van der Waals surface area contributed by atoms with Crippen molar-refractivity contribution in [3.8, 4) is 0 Å². The molecule has 0 bridgehead atoms. The van der Waals surface area contributed by atoms with Crippen molar-refractivity contribution in [2.45, 2.75) is 47.0 Å². The number of hydrogen-bond donors (Lipinski definition) is 1. The molecule has 1 N–H and O–H groups in total. The first-order valence-electron chi connectivity index (χ1n) is 9.27. The minimum atomic E-state index is 0.135. The highest BCUT2D eigenvalue weighted by atomic mass is 14.9. The van der Waals surface area contributed by atoms with Crippen LogP contribution in [0.15, 0.2) is 66.2 Å². The standard InChI is InChI=1S/C22H25N.C2H6/c1-16-14-21(18-12-8-9-13-20(18)22(2,3)4)23-15-19(16)17-10-6-5-7-11-17;1-2/h5-14,23H,15H2,1-4H3;1-2H3. The Labute approximate surface area is 153 Å². The highest BCUT2D eigenvalue weighted by molar-refractivity contribution is 5.81. The normalized spacial score (nSPS) is 14.2. The molecule has 3 rings (SSSR count). The van der Waals surface area contributed by atoms with E-state index in [4.69, 9.17) is 0 Å². The van der Waals surface area contributed by atoms with Gasteiger partial charge in [-0.2, -0.15) is 0 Å². The van der Waals surface area contributed by atoms with Gasteiger partial charge in [-0.3, -0.25) is 0 Å². The number of hydrogen-bond acceptors (Lipinski definition) is 1. The minimum Gasteiger partial charge on any atom is -0.380 e. The van der Waals surface area contributed by atoms with Crippen LogP contribution in [0.25, 0.3) is 11.3 Å². The number of dihydropyridines is 1. The lowest BCUT2D eigenvalue weighted by atomic mass is 9.82. The molecule has 1 nitrogen and oxygen atoms in total. The second kappa shape index (κ2) is 8.20. The zero-order chi connectivity index (χ0) is 18.4. The lowest BCUT2D eigenvalue weighted by Gasteiger charge is -2.27. The van der Waals surface area contributed by atoms with Crippen LogP contribution in [-0.4, -0.2) is 6.54 Å². The topological polar surface area (TPSA) is 12.0 Å². The van der Waals surface area contributed by atoms with Crippen LogP contribution in [0.5, 0.6) is 0 Å². The van der Waals surface area contributed by atoms with Crippen LogP contribution in [0.1, 0.15) is 58.2 Å². The quantitative estimate of drug-likeness (QED) is 0.668. The van der Waals surface area contributed by atoms with Gasteiger partial charge in [-0.25, -0.2) is 0 Å². The van der Waals surface area contributed by atoms with Gasteiger partial charge < -0.3 is 5.32 Å². The molecule has 1 aliphatic heterocycles. The van der Waals surface area contributed by atoms with E-state index in [1.807, 2.05) is 13.8 Å². The fourth-order valence-electron chi connectivity index (χ4n) is 3.19. The van der Waals surface area contributed by atoms with E-state index in [1.165, 1.54) is 33.5 Å². The molecule has 0 atom stereocenters. The Bertz CT molecular complexity index is 758. The summed E-state index contributed by atoms with van der Waals surface area (Å²) < 4.78 is 0. The highest BCUT2D eigenvalue weighted by Crippen LogP contribution is 2.32. The molecule has 2 aromatic carbocycles. The molecule has 1 heterocycles. The summed E-state index contributed by atoms with van der Waals surface area (Å²) in [6.45, 7) is 13.9. The average molecular weight is 334 g/mol. The Morgan fingerprint density at radius 1 is 0.840 bits per heavy atom.